The minimum atomic E-state index is -0.407. The Hall–Kier alpha value is -3.54. The molecule has 0 spiro atoms. The molecule has 44 heavy (non-hydrogen) atoms. The van der Waals surface area contributed by atoms with Gasteiger partial charge in [-0.2, -0.15) is 0 Å². The van der Waals surface area contributed by atoms with E-state index in [-0.39, 0.29) is 23.9 Å². The number of amides is 1. The van der Waals surface area contributed by atoms with E-state index in [4.69, 9.17) is 19.2 Å². The highest BCUT2D eigenvalue weighted by atomic mass is 32.2. The number of aromatic nitrogens is 2. The lowest BCUT2D eigenvalue weighted by Gasteiger charge is -2.32. The Labute approximate surface area is 262 Å². The van der Waals surface area contributed by atoms with Crippen molar-refractivity contribution < 1.29 is 19.0 Å². The largest absolute Gasteiger partial charge is 0.450 e. The molecule has 2 N–H and O–H groups in total. The average molecular weight is 620 g/mol. The highest BCUT2D eigenvalue weighted by Crippen LogP contribution is 2.48. The summed E-state index contributed by atoms with van der Waals surface area (Å²) in [7, 11) is 0. The van der Waals surface area contributed by atoms with Crippen LogP contribution in [0.5, 0.6) is 11.5 Å². The number of thioether (sulfide) groups is 1. The third kappa shape index (κ3) is 6.18. The minimum Gasteiger partial charge on any atom is -0.450 e. The van der Waals surface area contributed by atoms with Gasteiger partial charge in [-0.3, -0.25) is 9.59 Å². The zero-order valence-corrected chi connectivity index (χ0v) is 26.7. The molecule has 2 fully saturated rings. The maximum absolute atomic E-state index is 13.7. The van der Waals surface area contributed by atoms with Crippen LogP contribution in [0.2, 0.25) is 0 Å². The summed E-state index contributed by atoms with van der Waals surface area (Å²) in [4.78, 5) is 39.6. The maximum atomic E-state index is 13.7. The first-order valence-electron chi connectivity index (χ1n) is 15.4. The van der Waals surface area contributed by atoms with Crippen LogP contribution in [-0.2, 0) is 11.3 Å². The molecular formula is C33H41N5O5S. The van der Waals surface area contributed by atoms with E-state index in [9.17, 15) is 9.59 Å². The zero-order chi connectivity index (χ0) is 30.8. The zero-order valence-electron chi connectivity index (χ0n) is 25.9. The summed E-state index contributed by atoms with van der Waals surface area (Å²) < 4.78 is 18.6. The van der Waals surface area contributed by atoms with E-state index < -0.39 is 6.29 Å². The van der Waals surface area contributed by atoms with Crippen LogP contribution in [-0.4, -0.2) is 79.3 Å². The third-order valence-corrected chi connectivity index (χ3v) is 9.73. The number of H-pyrrole nitrogens is 1. The summed E-state index contributed by atoms with van der Waals surface area (Å²) in [6.07, 6.45) is 5.34. The van der Waals surface area contributed by atoms with Crippen LogP contribution in [0.25, 0.3) is 11.1 Å². The first-order valence-corrected chi connectivity index (χ1v) is 16.7. The van der Waals surface area contributed by atoms with Crippen molar-refractivity contribution in [2.45, 2.75) is 51.3 Å². The number of pyridine rings is 2. The normalized spacial score (nSPS) is 18.9. The van der Waals surface area contributed by atoms with E-state index in [1.54, 1.807) is 0 Å². The molecule has 1 amide bonds. The second-order valence-electron chi connectivity index (χ2n) is 11.6. The molecular weight excluding hydrogens is 578 g/mol. The van der Waals surface area contributed by atoms with Crippen LogP contribution in [0.4, 0.5) is 5.82 Å². The summed E-state index contributed by atoms with van der Waals surface area (Å²) >= 11 is 1.49. The van der Waals surface area contributed by atoms with Crippen molar-refractivity contribution in [2.24, 2.45) is 5.92 Å². The van der Waals surface area contributed by atoms with Gasteiger partial charge in [0, 0.05) is 70.2 Å². The fourth-order valence-electron chi connectivity index (χ4n) is 6.26. The predicted octanol–water partition coefficient (Wildman–Crippen LogP) is 4.37. The third-order valence-electron chi connectivity index (χ3n) is 8.93. The number of aryl methyl sites for hydroxylation is 1. The van der Waals surface area contributed by atoms with Crippen molar-refractivity contribution in [3.63, 3.8) is 0 Å². The Morgan fingerprint density at radius 3 is 2.52 bits per heavy atom. The van der Waals surface area contributed by atoms with Crippen LogP contribution in [0.15, 0.2) is 40.2 Å². The number of aromatic amines is 1. The molecule has 10 nitrogen and oxygen atoms in total. The Kier molecular flexibility index (Phi) is 9.16. The molecule has 3 aliphatic heterocycles. The molecule has 0 bridgehead atoms. The van der Waals surface area contributed by atoms with E-state index in [0.29, 0.717) is 35.8 Å². The maximum Gasteiger partial charge on any atom is 0.254 e. The van der Waals surface area contributed by atoms with Gasteiger partial charge in [0.05, 0.1) is 13.2 Å². The Morgan fingerprint density at radius 2 is 1.84 bits per heavy atom. The molecule has 6 rings (SSSR count). The summed E-state index contributed by atoms with van der Waals surface area (Å²) in [5.41, 5.74) is 3.94. The van der Waals surface area contributed by atoms with E-state index in [2.05, 4.69) is 27.0 Å². The van der Waals surface area contributed by atoms with Gasteiger partial charge in [0.25, 0.3) is 11.5 Å². The SMILES string of the molecule is CCN1CCC(C2Oc3c(-c4ccc(N5CCOCC5)nc4)cc(C(=O)NCc4c(SC)cc(C)[nH]c4=O)c(C)c3O2)CC1. The highest BCUT2D eigenvalue weighted by molar-refractivity contribution is 7.98. The van der Waals surface area contributed by atoms with Crippen LogP contribution in [0, 0.1) is 19.8 Å². The second kappa shape index (κ2) is 13.2. The number of fused-ring (bicyclic) bond motifs is 1. The number of carbonyl (C=O) groups is 1. The first kappa shape index (κ1) is 30.5. The molecule has 3 aliphatic rings. The molecule has 234 valence electrons. The summed E-state index contributed by atoms with van der Waals surface area (Å²) in [5.74, 6) is 2.13. The monoisotopic (exact) mass is 619 g/mol. The molecule has 0 saturated carbocycles. The number of benzene rings is 1. The van der Waals surface area contributed by atoms with Gasteiger partial charge in [-0.1, -0.05) is 6.92 Å². The molecule has 0 radical (unpaired) electrons. The number of nitrogens with zero attached hydrogens (tertiary/aromatic N) is 3. The van der Waals surface area contributed by atoms with Crippen LogP contribution < -0.4 is 25.2 Å². The van der Waals surface area contributed by atoms with Gasteiger partial charge >= 0.3 is 0 Å². The van der Waals surface area contributed by atoms with Gasteiger partial charge in [-0.15, -0.1) is 11.8 Å². The van der Waals surface area contributed by atoms with Crippen molar-refractivity contribution in [3.05, 3.63) is 63.2 Å². The number of piperidine rings is 1. The number of morpholine rings is 1. The highest BCUT2D eigenvalue weighted by Gasteiger charge is 2.38. The summed E-state index contributed by atoms with van der Waals surface area (Å²) in [5, 5.41) is 2.99. The first-order chi connectivity index (χ1) is 21.4. The fourth-order valence-corrected chi connectivity index (χ4v) is 6.96. The number of anilines is 1. The number of hydrogen-bond acceptors (Lipinski definition) is 9. The van der Waals surface area contributed by atoms with Gasteiger partial charge in [0.15, 0.2) is 11.5 Å². The Balaban J connectivity index is 1.31. The van der Waals surface area contributed by atoms with Crippen LogP contribution in [0.3, 0.4) is 0 Å². The minimum absolute atomic E-state index is 0.113. The molecule has 1 atom stereocenters. The lowest BCUT2D eigenvalue weighted by Crippen LogP contribution is -2.40. The predicted molar refractivity (Wildman–Crippen MR) is 172 cm³/mol. The smallest absolute Gasteiger partial charge is 0.254 e. The number of rotatable bonds is 8. The van der Waals surface area contributed by atoms with Crippen LogP contribution in [0.1, 0.15) is 46.9 Å². The molecule has 2 aromatic heterocycles. The summed E-state index contributed by atoms with van der Waals surface area (Å²) in [6.45, 7) is 12.1. The number of likely N-dealkylation sites (tertiary alicyclic amines) is 1. The molecule has 11 heteroatoms. The fraction of sp³-hybridized carbons (Fsp3) is 0.485. The van der Waals surface area contributed by atoms with E-state index in [0.717, 1.165) is 78.7 Å². The second-order valence-corrected chi connectivity index (χ2v) is 12.5. The molecule has 3 aromatic rings. The standard InChI is InChI=1S/C33H41N5O5S/c1-5-37-10-8-22(9-11-37)33-42-29-21(3)24(31(39)35-19-26-27(44-4)16-20(2)36-32(26)40)17-25(30(29)43-33)23-6-7-28(34-18-23)38-12-14-41-15-13-38/h6-7,16-18,22,33H,5,8-15,19H2,1-4H3,(H,35,39)(H,36,40). The average Bonchev–Trinajstić information content (AvgIpc) is 3.51. The van der Waals surface area contributed by atoms with E-state index in [1.165, 1.54) is 11.8 Å². The van der Waals surface area contributed by atoms with Gasteiger partial charge in [0.2, 0.25) is 6.29 Å². The number of carbonyl (C=O) groups excluding carboxylic acids is 1. The number of ether oxygens (including phenoxy) is 3. The number of nitrogens with one attached hydrogen (secondary N) is 2. The van der Waals surface area contributed by atoms with Crippen LogP contribution >= 0.6 is 11.8 Å². The molecule has 0 aliphatic carbocycles. The van der Waals surface area contributed by atoms with Crippen molar-refractivity contribution in [2.75, 3.05) is 57.1 Å². The van der Waals surface area contributed by atoms with Gasteiger partial charge in [-0.05, 0) is 76.8 Å². The van der Waals surface area contributed by atoms with E-state index >= 15 is 0 Å². The molecule has 5 heterocycles. The molecule has 1 aromatic carbocycles. The quantitative estimate of drug-likeness (QED) is 0.356. The van der Waals surface area contributed by atoms with E-state index in [1.807, 2.05) is 50.6 Å². The van der Waals surface area contributed by atoms with Gasteiger partial charge < -0.3 is 34.3 Å². The van der Waals surface area contributed by atoms with Crippen molar-refractivity contribution >= 4 is 23.5 Å². The van der Waals surface area contributed by atoms with Crippen molar-refractivity contribution in [1.29, 1.82) is 0 Å². The Bertz CT molecular complexity index is 1560. The molecule has 1 unspecified atom stereocenters. The topological polar surface area (TPSA) is 109 Å². The molecule has 2 saturated heterocycles. The lowest BCUT2D eigenvalue weighted by molar-refractivity contribution is -0.0274. The van der Waals surface area contributed by atoms with Gasteiger partial charge in [0.1, 0.15) is 5.82 Å². The number of hydrogen-bond donors (Lipinski definition) is 2. The van der Waals surface area contributed by atoms with Crippen molar-refractivity contribution in [1.82, 2.24) is 20.2 Å². The van der Waals surface area contributed by atoms with Crippen molar-refractivity contribution in [3.8, 4) is 22.6 Å². The summed E-state index contributed by atoms with van der Waals surface area (Å²) in [6, 6.07) is 7.83. The van der Waals surface area contributed by atoms with Gasteiger partial charge in [-0.25, -0.2) is 4.98 Å². The lowest BCUT2D eigenvalue weighted by atomic mass is 9.96. The Morgan fingerprint density at radius 1 is 1.09 bits per heavy atom.